The van der Waals surface area contributed by atoms with Crippen molar-refractivity contribution in [2.24, 2.45) is 0 Å². The smallest absolute Gasteiger partial charge is 0.317 e. The van der Waals surface area contributed by atoms with Crippen molar-refractivity contribution in [1.82, 2.24) is 10.2 Å². The van der Waals surface area contributed by atoms with Crippen molar-refractivity contribution < 1.29 is 19.0 Å². The van der Waals surface area contributed by atoms with E-state index in [0.717, 1.165) is 0 Å². The first-order chi connectivity index (χ1) is 10.1. The number of nitrogens with zero attached hydrogens (tertiary/aromatic N) is 1. The maximum absolute atomic E-state index is 11.7. The van der Waals surface area contributed by atoms with E-state index in [1.165, 1.54) is 0 Å². The molecule has 0 saturated heterocycles. The third-order valence-electron chi connectivity index (χ3n) is 3.02. The molecular weight excluding hydrogens is 272 g/mol. The average Bonchev–Trinajstić information content (AvgIpc) is 2.52. The second-order valence-electron chi connectivity index (χ2n) is 4.30. The molecule has 0 radical (unpaired) electrons. The standard InChI is InChI=1S/C15H24N2O4/c1-5-17(6-2)15(18)16-7-8-21-14-10-12(19-3)9-13(11-14)20-4/h9-11H,5-8H2,1-4H3,(H,16,18). The van der Waals surface area contributed by atoms with Crippen molar-refractivity contribution in [3.8, 4) is 17.2 Å². The van der Waals surface area contributed by atoms with E-state index in [1.54, 1.807) is 37.3 Å². The topological polar surface area (TPSA) is 60.0 Å². The van der Waals surface area contributed by atoms with Crippen molar-refractivity contribution in [3.05, 3.63) is 18.2 Å². The largest absolute Gasteiger partial charge is 0.496 e. The fraction of sp³-hybridized carbons (Fsp3) is 0.533. The van der Waals surface area contributed by atoms with E-state index >= 15 is 0 Å². The fourth-order valence-electron chi connectivity index (χ4n) is 1.81. The summed E-state index contributed by atoms with van der Waals surface area (Å²) in [5.74, 6) is 1.97. The molecule has 0 bridgehead atoms. The summed E-state index contributed by atoms with van der Waals surface area (Å²) in [6.45, 7) is 6.09. The zero-order valence-electron chi connectivity index (χ0n) is 13.1. The monoisotopic (exact) mass is 296 g/mol. The SMILES string of the molecule is CCN(CC)C(=O)NCCOc1cc(OC)cc(OC)c1. The first kappa shape index (κ1) is 16.9. The van der Waals surface area contributed by atoms with E-state index in [4.69, 9.17) is 14.2 Å². The van der Waals surface area contributed by atoms with Crippen LogP contribution in [-0.4, -0.2) is 51.4 Å². The highest BCUT2D eigenvalue weighted by molar-refractivity contribution is 5.74. The number of benzene rings is 1. The highest BCUT2D eigenvalue weighted by Crippen LogP contribution is 2.27. The molecule has 118 valence electrons. The van der Waals surface area contributed by atoms with E-state index in [2.05, 4.69) is 5.32 Å². The van der Waals surface area contributed by atoms with E-state index in [1.807, 2.05) is 13.8 Å². The van der Waals surface area contributed by atoms with E-state index < -0.39 is 0 Å². The van der Waals surface area contributed by atoms with Gasteiger partial charge in [-0.1, -0.05) is 0 Å². The van der Waals surface area contributed by atoms with Gasteiger partial charge in [-0.25, -0.2) is 4.79 Å². The summed E-state index contributed by atoms with van der Waals surface area (Å²) in [5.41, 5.74) is 0. The molecule has 0 atom stereocenters. The lowest BCUT2D eigenvalue weighted by Crippen LogP contribution is -2.41. The number of methoxy groups -OCH3 is 2. The molecule has 1 aromatic rings. The predicted octanol–water partition coefficient (Wildman–Crippen LogP) is 2.13. The number of urea groups is 1. The quantitative estimate of drug-likeness (QED) is 0.747. The number of ether oxygens (including phenoxy) is 3. The van der Waals surface area contributed by atoms with Gasteiger partial charge in [0, 0.05) is 31.3 Å². The molecule has 0 heterocycles. The summed E-state index contributed by atoms with van der Waals surface area (Å²) in [6.07, 6.45) is 0. The van der Waals surface area contributed by atoms with Crippen LogP contribution in [0.1, 0.15) is 13.8 Å². The average molecular weight is 296 g/mol. The summed E-state index contributed by atoms with van der Waals surface area (Å²) < 4.78 is 15.9. The molecule has 0 saturated carbocycles. The number of carbonyl (C=O) groups is 1. The van der Waals surface area contributed by atoms with Crippen LogP contribution in [0.15, 0.2) is 18.2 Å². The van der Waals surface area contributed by atoms with Gasteiger partial charge < -0.3 is 24.4 Å². The molecule has 6 nitrogen and oxygen atoms in total. The molecule has 0 unspecified atom stereocenters. The Morgan fingerprint density at radius 2 is 1.57 bits per heavy atom. The van der Waals surface area contributed by atoms with Crippen LogP contribution in [0.5, 0.6) is 17.2 Å². The van der Waals surface area contributed by atoms with Crippen LogP contribution in [0.25, 0.3) is 0 Å². The van der Waals surface area contributed by atoms with Gasteiger partial charge in [0.2, 0.25) is 0 Å². The first-order valence-electron chi connectivity index (χ1n) is 7.03. The summed E-state index contributed by atoms with van der Waals surface area (Å²) >= 11 is 0. The molecule has 1 rings (SSSR count). The van der Waals surface area contributed by atoms with Crippen molar-refractivity contribution in [3.63, 3.8) is 0 Å². The van der Waals surface area contributed by atoms with Gasteiger partial charge in [0.05, 0.1) is 20.8 Å². The van der Waals surface area contributed by atoms with E-state index in [0.29, 0.717) is 43.5 Å². The van der Waals surface area contributed by atoms with Gasteiger partial charge in [0.25, 0.3) is 0 Å². The van der Waals surface area contributed by atoms with Gasteiger partial charge in [-0.3, -0.25) is 0 Å². The molecule has 6 heteroatoms. The van der Waals surface area contributed by atoms with Crippen LogP contribution in [-0.2, 0) is 0 Å². The minimum Gasteiger partial charge on any atom is -0.496 e. The lowest BCUT2D eigenvalue weighted by atomic mass is 10.3. The molecule has 0 fully saturated rings. The third-order valence-corrected chi connectivity index (χ3v) is 3.02. The Balaban J connectivity index is 2.44. The summed E-state index contributed by atoms with van der Waals surface area (Å²) in [6, 6.07) is 5.24. The van der Waals surface area contributed by atoms with Crippen LogP contribution >= 0.6 is 0 Å². The van der Waals surface area contributed by atoms with Gasteiger partial charge in [-0.15, -0.1) is 0 Å². The molecular formula is C15H24N2O4. The normalized spacial score (nSPS) is 9.90. The number of hydrogen-bond donors (Lipinski definition) is 1. The Morgan fingerprint density at radius 1 is 1.05 bits per heavy atom. The number of rotatable bonds is 8. The Hall–Kier alpha value is -2.11. The molecule has 0 aliphatic heterocycles. The van der Waals surface area contributed by atoms with Crippen LogP contribution in [0, 0.1) is 0 Å². The number of amides is 2. The predicted molar refractivity (Wildman–Crippen MR) is 81.4 cm³/mol. The van der Waals surface area contributed by atoms with E-state index in [-0.39, 0.29) is 6.03 Å². The second kappa shape index (κ2) is 8.94. The zero-order chi connectivity index (χ0) is 15.7. The minimum atomic E-state index is -0.0770. The second-order valence-corrected chi connectivity index (χ2v) is 4.30. The van der Waals surface area contributed by atoms with Gasteiger partial charge in [-0.2, -0.15) is 0 Å². The Kier molecular flexibility index (Phi) is 7.21. The highest BCUT2D eigenvalue weighted by atomic mass is 16.5. The first-order valence-corrected chi connectivity index (χ1v) is 7.03. The minimum absolute atomic E-state index is 0.0770. The lowest BCUT2D eigenvalue weighted by molar-refractivity contribution is 0.200. The van der Waals surface area contributed by atoms with Gasteiger partial charge in [0.1, 0.15) is 23.9 Å². The molecule has 0 aliphatic carbocycles. The Bertz CT molecular complexity index is 425. The summed E-state index contributed by atoms with van der Waals surface area (Å²) in [4.78, 5) is 13.5. The van der Waals surface area contributed by atoms with Crippen molar-refractivity contribution in [2.75, 3.05) is 40.5 Å². The maximum atomic E-state index is 11.7. The van der Waals surface area contributed by atoms with Gasteiger partial charge in [0.15, 0.2) is 0 Å². The zero-order valence-corrected chi connectivity index (χ0v) is 13.1. The maximum Gasteiger partial charge on any atom is 0.317 e. The number of carbonyl (C=O) groups excluding carboxylic acids is 1. The molecule has 0 aromatic heterocycles. The molecule has 21 heavy (non-hydrogen) atoms. The summed E-state index contributed by atoms with van der Waals surface area (Å²) in [5, 5.41) is 2.81. The number of hydrogen-bond acceptors (Lipinski definition) is 4. The molecule has 2 amide bonds. The van der Waals surface area contributed by atoms with E-state index in [9.17, 15) is 4.79 Å². The van der Waals surface area contributed by atoms with Crippen LogP contribution in [0.3, 0.4) is 0 Å². The molecule has 1 aromatic carbocycles. The van der Waals surface area contributed by atoms with Crippen LogP contribution in [0.4, 0.5) is 4.79 Å². The van der Waals surface area contributed by atoms with Gasteiger partial charge >= 0.3 is 6.03 Å². The summed E-state index contributed by atoms with van der Waals surface area (Å²) in [7, 11) is 3.17. The third kappa shape index (κ3) is 5.41. The molecule has 1 N–H and O–H groups in total. The molecule has 0 aliphatic rings. The van der Waals surface area contributed by atoms with Crippen LogP contribution < -0.4 is 19.5 Å². The van der Waals surface area contributed by atoms with Crippen molar-refractivity contribution >= 4 is 6.03 Å². The Labute approximate surface area is 126 Å². The van der Waals surface area contributed by atoms with Crippen molar-refractivity contribution in [2.45, 2.75) is 13.8 Å². The molecule has 0 spiro atoms. The Morgan fingerprint density at radius 3 is 2.05 bits per heavy atom. The lowest BCUT2D eigenvalue weighted by Gasteiger charge is -2.19. The van der Waals surface area contributed by atoms with Crippen molar-refractivity contribution in [1.29, 1.82) is 0 Å². The number of nitrogens with one attached hydrogen (secondary N) is 1. The van der Waals surface area contributed by atoms with Gasteiger partial charge in [-0.05, 0) is 13.8 Å². The fourth-order valence-corrected chi connectivity index (χ4v) is 1.81. The highest BCUT2D eigenvalue weighted by Gasteiger charge is 2.08. The van der Waals surface area contributed by atoms with Crippen LogP contribution in [0.2, 0.25) is 0 Å².